The normalized spacial score (nSPS) is 21.4. The van der Waals surface area contributed by atoms with Gasteiger partial charge >= 0.3 is 0 Å². The van der Waals surface area contributed by atoms with Crippen LogP contribution in [0.2, 0.25) is 0 Å². The molecule has 0 radical (unpaired) electrons. The Balaban J connectivity index is 2.09. The Labute approximate surface area is 130 Å². The van der Waals surface area contributed by atoms with Crippen LogP contribution in [0.3, 0.4) is 0 Å². The summed E-state index contributed by atoms with van der Waals surface area (Å²) in [5.74, 6) is 0. The van der Waals surface area contributed by atoms with Crippen LogP contribution in [0.1, 0.15) is 36.6 Å². The van der Waals surface area contributed by atoms with Crippen molar-refractivity contribution in [3.8, 4) is 0 Å². The van der Waals surface area contributed by atoms with Crippen LogP contribution in [0.25, 0.3) is 0 Å². The number of nitrogens with zero attached hydrogens (tertiary/aromatic N) is 2. The predicted octanol–water partition coefficient (Wildman–Crippen LogP) is 2.59. The standard InChI is InChI=1S/C18H31N3/c1-14-9-15(2)11-16(10-14)17(19-5)12-21-8-7-20(6)18(3,4)13-21/h9-11,17,19H,7-8,12-13H2,1-6H3. The first-order chi connectivity index (χ1) is 9.81. The number of hydrogen-bond donors (Lipinski definition) is 1. The van der Waals surface area contributed by atoms with Crippen LogP contribution in [0.4, 0.5) is 0 Å². The first-order valence-corrected chi connectivity index (χ1v) is 8.01. The Morgan fingerprint density at radius 1 is 1.14 bits per heavy atom. The molecular weight excluding hydrogens is 258 g/mol. The molecule has 0 spiro atoms. The van der Waals surface area contributed by atoms with E-state index in [1.54, 1.807) is 0 Å². The van der Waals surface area contributed by atoms with Crippen LogP contribution in [0, 0.1) is 13.8 Å². The van der Waals surface area contributed by atoms with Gasteiger partial charge in [0.15, 0.2) is 0 Å². The minimum absolute atomic E-state index is 0.263. The van der Waals surface area contributed by atoms with Crippen molar-refractivity contribution in [1.29, 1.82) is 0 Å². The molecule has 1 fully saturated rings. The molecule has 1 aromatic rings. The third-order valence-corrected chi connectivity index (χ3v) is 4.83. The highest BCUT2D eigenvalue weighted by atomic mass is 15.3. The molecule has 1 aliphatic rings. The number of nitrogens with one attached hydrogen (secondary N) is 1. The molecule has 21 heavy (non-hydrogen) atoms. The van der Waals surface area contributed by atoms with E-state index < -0.39 is 0 Å². The van der Waals surface area contributed by atoms with Gasteiger partial charge < -0.3 is 5.32 Å². The van der Waals surface area contributed by atoms with Crippen LogP contribution in [0.5, 0.6) is 0 Å². The highest BCUT2D eigenvalue weighted by Gasteiger charge is 2.31. The van der Waals surface area contributed by atoms with Crippen molar-refractivity contribution in [2.75, 3.05) is 40.3 Å². The second kappa shape index (κ2) is 6.47. The number of benzene rings is 1. The average Bonchev–Trinajstić information content (AvgIpc) is 2.38. The summed E-state index contributed by atoms with van der Waals surface area (Å²) in [7, 11) is 4.31. The Morgan fingerprint density at radius 3 is 2.29 bits per heavy atom. The van der Waals surface area contributed by atoms with Crippen LogP contribution in [-0.4, -0.2) is 55.6 Å². The van der Waals surface area contributed by atoms with Crippen LogP contribution in [0.15, 0.2) is 18.2 Å². The zero-order chi connectivity index (χ0) is 15.6. The number of likely N-dealkylation sites (N-methyl/N-ethyl adjacent to an activating group) is 2. The minimum atomic E-state index is 0.263. The minimum Gasteiger partial charge on any atom is -0.312 e. The van der Waals surface area contributed by atoms with Crippen LogP contribution < -0.4 is 5.32 Å². The van der Waals surface area contributed by atoms with Gasteiger partial charge in [-0.3, -0.25) is 9.80 Å². The maximum absolute atomic E-state index is 3.50. The third-order valence-electron chi connectivity index (χ3n) is 4.83. The van der Waals surface area contributed by atoms with Gasteiger partial charge in [-0.15, -0.1) is 0 Å². The summed E-state index contributed by atoms with van der Waals surface area (Å²) in [6, 6.07) is 7.28. The quantitative estimate of drug-likeness (QED) is 0.919. The first-order valence-electron chi connectivity index (χ1n) is 8.01. The highest BCUT2D eigenvalue weighted by molar-refractivity contribution is 5.31. The molecular formula is C18H31N3. The average molecular weight is 289 g/mol. The summed E-state index contributed by atoms with van der Waals surface area (Å²) < 4.78 is 0. The van der Waals surface area contributed by atoms with E-state index in [1.165, 1.54) is 16.7 Å². The van der Waals surface area contributed by atoms with Crippen molar-refractivity contribution in [3.05, 3.63) is 34.9 Å². The maximum Gasteiger partial charge on any atom is 0.0447 e. The molecule has 0 bridgehead atoms. The lowest BCUT2D eigenvalue weighted by molar-refractivity contribution is 0.0355. The number of hydrogen-bond acceptors (Lipinski definition) is 3. The monoisotopic (exact) mass is 289 g/mol. The molecule has 3 heteroatoms. The second-order valence-corrected chi connectivity index (χ2v) is 7.23. The van der Waals surface area contributed by atoms with Crippen molar-refractivity contribution in [1.82, 2.24) is 15.1 Å². The van der Waals surface area contributed by atoms with Crippen molar-refractivity contribution in [2.24, 2.45) is 0 Å². The Bertz CT molecular complexity index is 461. The van der Waals surface area contributed by atoms with Crippen LogP contribution >= 0.6 is 0 Å². The van der Waals surface area contributed by atoms with Crippen molar-refractivity contribution >= 4 is 0 Å². The second-order valence-electron chi connectivity index (χ2n) is 7.23. The van der Waals surface area contributed by atoms with E-state index >= 15 is 0 Å². The molecule has 3 nitrogen and oxygen atoms in total. The molecule has 1 saturated heterocycles. The van der Waals surface area contributed by atoms with Gasteiger partial charge in [0.2, 0.25) is 0 Å². The third kappa shape index (κ3) is 4.06. The summed E-state index contributed by atoms with van der Waals surface area (Å²) in [5.41, 5.74) is 4.37. The predicted molar refractivity (Wildman–Crippen MR) is 90.9 cm³/mol. The van der Waals surface area contributed by atoms with Crippen LogP contribution in [-0.2, 0) is 0 Å². The Morgan fingerprint density at radius 2 is 1.76 bits per heavy atom. The fourth-order valence-corrected chi connectivity index (χ4v) is 3.33. The van der Waals surface area contributed by atoms with E-state index in [-0.39, 0.29) is 5.54 Å². The summed E-state index contributed by atoms with van der Waals surface area (Å²) >= 11 is 0. The largest absolute Gasteiger partial charge is 0.312 e. The number of aryl methyl sites for hydroxylation is 2. The first kappa shape index (κ1) is 16.5. The van der Waals surface area contributed by atoms with Crippen molar-refractivity contribution in [2.45, 2.75) is 39.3 Å². The summed E-state index contributed by atoms with van der Waals surface area (Å²) in [6.45, 7) is 13.6. The van der Waals surface area contributed by atoms with E-state index in [1.807, 2.05) is 0 Å². The molecule has 0 amide bonds. The molecule has 1 aromatic carbocycles. The molecule has 0 aromatic heterocycles. The van der Waals surface area contributed by atoms with Gasteiger partial charge in [-0.25, -0.2) is 0 Å². The van der Waals surface area contributed by atoms with E-state index in [4.69, 9.17) is 0 Å². The van der Waals surface area contributed by atoms with Crippen molar-refractivity contribution < 1.29 is 0 Å². The van der Waals surface area contributed by atoms with E-state index in [2.05, 4.69) is 75.1 Å². The number of piperazine rings is 1. The molecule has 0 saturated carbocycles. The molecule has 0 aliphatic carbocycles. The topological polar surface area (TPSA) is 18.5 Å². The van der Waals surface area contributed by atoms with Crippen molar-refractivity contribution in [3.63, 3.8) is 0 Å². The smallest absolute Gasteiger partial charge is 0.0447 e. The molecule has 1 unspecified atom stereocenters. The van der Waals surface area contributed by atoms with Gasteiger partial charge in [0, 0.05) is 37.8 Å². The van der Waals surface area contributed by atoms with Gasteiger partial charge in [0.25, 0.3) is 0 Å². The van der Waals surface area contributed by atoms with E-state index in [0.29, 0.717) is 6.04 Å². The maximum atomic E-state index is 3.50. The van der Waals surface area contributed by atoms with E-state index in [9.17, 15) is 0 Å². The molecule has 1 heterocycles. The van der Waals surface area contributed by atoms with Gasteiger partial charge in [0.1, 0.15) is 0 Å². The van der Waals surface area contributed by atoms with Gasteiger partial charge in [-0.05, 0) is 47.4 Å². The fraction of sp³-hybridized carbons (Fsp3) is 0.667. The van der Waals surface area contributed by atoms with Gasteiger partial charge in [-0.1, -0.05) is 29.3 Å². The lowest BCUT2D eigenvalue weighted by Gasteiger charge is -2.46. The van der Waals surface area contributed by atoms with Gasteiger partial charge in [-0.2, -0.15) is 0 Å². The SMILES string of the molecule is CNC(CN1CCN(C)C(C)(C)C1)c1cc(C)cc(C)c1. The lowest BCUT2D eigenvalue weighted by atomic mass is 9.97. The Hall–Kier alpha value is -0.900. The van der Waals surface area contributed by atoms with E-state index in [0.717, 1.165) is 26.2 Å². The highest BCUT2D eigenvalue weighted by Crippen LogP contribution is 2.23. The summed E-state index contributed by atoms with van der Waals surface area (Å²) in [5, 5.41) is 3.50. The molecule has 1 N–H and O–H groups in total. The molecule has 2 rings (SSSR count). The van der Waals surface area contributed by atoms with Gasteiger partial charge in [0.05, 0.1) is 0 Å². The zero-order valence-electron chi connectivity index (χ0n) is 14.5. The summed E-state index contributed by atoms with van der Waals surface area (Å²) in [4.78, 5) is 5.06. The lowest BCUT2D eigenvalue weighted by Crippen LogP contribution is -2.58. The summed E-state index contributed by atoms with van der Waals surface area (Å²) in [6.07, 6.45) is 0. The number of rotatable bonds is 4. The molecule has 1 aliphatic heterocycles. The zero-order valence-corrected chi connectivity index (χ0v) is 14.5. The molecule has 118 valence electrons. The molecule has 1 atom stereocenters. The fourth-order valence-electron chi connectivity index (χ4n) is 3.33. The Kier molecular flexibility index (Phi) is 5.07.